The zero-order chi connectivity index (χ0) is 13.1. The Kier molecular flexibility index (Phi) is 4.07. The Morgan fingerprint density at radius 3 is 2.44 bits per heavy atom. The maximum atomic E-state index is 6.13. The van der Waals surface area contributed by atoms with Crippen LogP contribution in [0.1, 0.15) is 17.2 Å². The normalized spacial score (nSPS) is 12.4. The average molecular weight is 282 g/mol. The van der Waals surface area contributed by atoms with Crippen LogP contribution >= 0.6 is 23.2 Å². The van der Waals surface area contributed by atoms with Crippen molar-refractivity contribution in [3.05, 3.63) is 57.8 Å². The Morgan fingerprint density at radius 2 is 1.83 bits per heavy atom. The fourth-order valence-electron chi connectivity index (χ4n) is 1.78. The molecule has 18 heavy (non-hydrogen) atoms. The number of aromatic nitrogens is 1. The molecule has 0 radical (unpaired) electrons. The molecule has 0 bridgehead atoms. The lowest BCUT2D eigenvalue weighted by Gasteiger charge is -2.15. The maximum absolute atomic E-state index is 6.13. The highest BCUT2D eigenvalue weighted by Gasteiger charge is 2.14. The molecule has 0 spiro atoms. The van der Waals surface area contributed by atoms with E-state index in [1.54, 1.807) is 36.7 Å². The highest BCUT2D eigenvalue weighted by Crippen LogP contribution is 2.29. The van der Waals surface area contributed by atoms with E-state index in [1.165, 1.54) is 0 Å². The molecule has 0 aliphatic heterocycles. The number of anilines is 1. The van der Waals surface area contributed by atoms with Gasteiger partial charge < -0.3 is 11.5 Å². The Bertz CT molecular complexity index is 537. The molecule has 0 aliphatic carbocycles. The van der Waals surface area contributed by atoms with Crippen LogP contribution in [0, 0.1) is 0 Å². The zero-order valence-corrected chi connectivity index (χ0v) is 11.1. The van der Waals surface area contributed by atoms with Gasteiger partial charge in [0, 0.05) is 39.7 Å². The Morgan fingerprint density at radius 1 is 1.17 bits per heavy atom. The summed E-state index contributed by atoms with van der Waals surface area (Å²) in [7, 11) is 0. The van der Waals surface area contributed by atoms with Gasteiger partial charge in [0.2, 0.25) is 0 Å². The molecule has 0 saturated carbocycles. The molecule has 2 rings (SSSR count). The van der Waals surface area contributed by atoms with Gasteiger partial charge in [-0.1, -0.05) is 29.3 Å². The molecule has 0 aliphatic rings. The van der Waals surface area contributed by atoms with E-state index in [2.05, 4.69) is 4.98 Å². The number of nitrogens with two attached hydrogens (primary N) is 2. The minimum absolute atomic E-state index is 0.281. The third kappa shape index (κ3) is 2.75. The van der Waals surface area contributed by atoms with Crippen LogP contribution in [0.2, 0.25) is 10.0 Å². The first-order valence-corrected chi connectivity index (χ1v) is 6.23. The molecule has 0 saturated heterocycles. The van der Waals surface area contributed by atoms with Crippen molar-refractivity contribution in [3.63, 3.8) is 0 Å². The van der Waals surface area contributed by atoms with Crippen LogP contribution in [-0.2, 0) is 6.42 Å². The van der Waals surface area contributed by atoms with E-state index in [0.717, 1.165) is 11.1 Å². The zero-order valence-electron chi connectivity index (χ0n) is 9.61. The van der Waals surface area contributed by atoms with Crippen molar-refractivity contribution in [1.29, 1.82) is 0 Å². The van der Waals surface area contributed by atoms with Gasteiger partial charge in [0.1, 0.15) is 0 Å². The van der Waals surface area contributed by atoms with E-state index in [9.17, 15) is 0 Å². The van der Waals surface area contributed by atoms with Crippen molar-refractivity contribution in [3.8, 4) is 0 Å². The fourth-order valence-corrected chi connectivity index (χ4v) is 2.34. The highest BCUT2D eigenvalue weighted by molar-refractivity contribution is 6.36. The predicted molar refractivity (Wildman–Crippen MR) is 75.7 cm³/mol. The summed E-state index contributed by atoms with van der Waals surface area (Å²) < 4.78 is 0. The Balaban J connectivity index is 2.27. The molecule has 1 aromatic heterocycles. The quantitative estimate of drug-likeness (QED) is 0.908. The van der Waals surface area contributed by atoms with Crippen molar-refractivity contribution < 1.29 is 0 Å². The Labute approximate surface area is 116 Å². The lowest BCUT2D eigenvalue weighted by molar-refractivity contribution is 0.721. The number of nitrogen functional groups attached to an aromatic ring is 1. The van der Waals surface area contributed by atoms with E-state index in [0.29, 0.717) is 22.2 Å². The predicted octanol–water partition coefficient (Wildman–Crippen LogP) is 3.21. The Hall–Kier alpha value is -1.29. The second-order valence-electron chi connectivity index (χ2n) is 4.02. The molecule has 2 aromatic rings. The minimum Gasteiger partial charge on any atom is -0.398 e. The van der Waals surface area contributed by atoms with E-state index in [4.69, 9.17) is 34.7 Å². The minimum atomic E-state index is -0.281. The second-order valence-corrected chi connectivity index (χ2v) is 4.83. The molecule has 94 valence electrons. The highest BCUT2D eigenvalue weighted by atomic mass is 35.5. The van der Waals surface area contributed by atoms with Crippen LogP contribution in [0.3, 0.4) is 0 Å². The molecule has 1 atom stereocenters. The molecular weight excluding hydrogens is 269 g/mol. The summed E-state index contributed by atoms with van der Waals surface area (Å²) in [6, 6.07) is 6.84. The first-order chi connectivity index (χ1) is 8.59. The van der Waals surface area contributed by atoms with Gasteiger partial charge >= 0.3 is 0 Å². The third-order valence-electron chi connectivity index (χ3n) is 2.77. The largest absolute Gasteiger partial charge is 0.398 e. The molecule has 4 N–H and O–H groups in total. The number of hydrogen-bond donors (Lipinski definition) is 2. The van der Waals surface area contributed by atoms with Gasteiger partial charge in [-0.05, 0) is 30.2 Å². The summed E-state index contributed by atoms with van der Waals surface area (Å²) in [5.41, 5.74) is 14.2. The van der Waals surface area contributed by atoms with Crippen molar-refractivity contribution in [1.82, 2.24) is 4.98 Å². The van der Waals surface area contributed by atoms with Gasteiger partial charge in [-0.15, -0.1) is 0 Å². The number of halogens is 2. The topological polar surface area (TPSA) is 64.9 Å². The van der Waals surface area contributed by atoms with E-state index in [-0.39, 0.29) is 6.04 Å². The van der Waals surface area contributed by atoms with Crippen LogP contribution in [0.25, 0.3) is 0 Å². The summed E-state index contributed by atoms with van der Waals surface area (Å²) >= 11 is 12.2. The average Bonchev–Trinajstić information content (AvgIpc) is 2.34. The molecule has 3 nitrogen and oxygen atoms in total. The standard InChI is InChI=1S/C13H13Cl2N3/c14-10-2-1-3-11(15)8(10)6-13(17)9-7-18-5-4-12(9)16/h1-5,7,13H,6,17H2,(H2,16,18). The summed E-state index contributed by atoms with van der Waals surface area (Å²) in [5.74, 6) is 0. The number of nitrogens with zero attached hydrogens (tertiary/aromatic N) is 1. The van der Waals surface area contributed by atoms with E-state index in [1.807, 2.05) is 0 Å². The maximum Gasteiger partial charge on any atom is 0.0453 e. The number of benzene rings is 1. The van der Waals surface area contributed by atoms with Gasteiger partial charge in [0.25, 0.3) is 0 Å². The molecule has 1 aromatic carbocycles. The molecule has 1 unspecified atom stereocenters. The van der Waals surface area contributed by atoms with Crippen LogP contribution in [0.15, 0.2) is 36.7 Å². The summed E-state index contributed by atoms with van der Waals surface area (Å²) in [6.07, 6.45) is 3.83. The first-order valence-electron chi connectivity index (χ1n) is 5.47. The van der Waals surface area contributed by atoms with Gasteiger partial charge in [-0.2, -0.15) is 0 Å². The smallest absolute Gasteiger partial charge is 0.0453 e. The SMILES string of the molecule is Nc1ccncc1C(N)Cc1c(Cl)cccc1Cl. The van der Waals surface area contributed by atoms with Gasteiger partial charge in [0.15, 0.2) is 0 Å². The molecule has 0 amide bonds. The van der Waals surface area contributed by atoms with Crippen LogP contribution in [0.4, 0.5) is 5.69 Å². The summed E-state index contributed by atoms with van der Waals surface area (Å²) in [6.45, 7) is 0. The molecular formula is C13H13Cl2N3. The number of pyridine rings is 1. The molecule has 5 heteroatoms. The first kappa shape index (κ1) is 13.1. The van der Waals surface area contributed by atoms with Gasteiger partial charge in [0.05, 0.1) is 0 Å². The van der Waals surface area contributed by atoms with Gasteiger partial charge in [-0.3, -0.25) is 4.98 Å². The van der Waals surface area contributed by atoms with Crippen molar-refractivity contribution >= 4 is 28.9 Å². The lowest BCUT2D eigenvalue weighted by Crippen LogP contribution is -2.16. The fraction of sp³-hybridized carbons (Fsp3) is 0.154. The summed E-state index contributed by atoms with van der Waals surface area (Å²) in [4.78, 5) is 4.03. The van der Waals surface area contributed by atoms with Crippen LogP contribution < -0.4 is 11.5 Å². The van der Waals surface area contributed by atoms with E-state index < -0.39 is 0 Å². The van der Waals surface area contributed by atoms with Crippen LogP contribution in [-0.4, -0.2) is 4.98 Å². The number of hydrogen-bond acceptors (Lipinski definition) is 3. The van der Waals surface area contributed by atoms with Crippen molar-refractivity contribution in [2.24, 2.45) is 5.73 Å². The monoisotopic (exact) mass is 281 g/mol. The second kappa shape index (κ2) is 5.57. The van der Waals surface area contributed by atoms with Crippen molar-refractivity contribution in [2.75, 3.05) is 5.73 Å². The van der Waals surface area contributed by atoms with Gasteiger partial charge in [-0.25, -0.2) is 0 Å². The molecule has 1 heterocycles. The lowest BCUT2D eigenvalue weighted by atomic mass is 10.00. The summed E-state index contributed by atoms with van der Waals surface area (Å²) in [5, 5.41) is 1.22. The third-order valence-corrected chi connectivity index (χ3v) is 3.48. The number of rotatable bonds is 3. The van der Waals surface area contributed by atoms with Crippen LogP contribution in [0.5, 0.6) is 0 Å². The molecule has 0 fully saturated rings. The van der Waals surface area contributed by atoms with E-state index >= 15 is 0 Å². The van der Waals surface area contributed by atoms with Crippen molar-refractivity contribution in [2.45, 2.75) is 12.5 Å².